The molecule has 5 nitrogen and oxygen atoms in total. The molecule has 2 aromatic rings. The number of pyridine rings is 1. The highest BCUT2D eigenvalue weighted by Gasteiger charge is 2.18. The Kier molecular flexibility index (Phi) is 5.51. The van der Waals surface area contributed by atoms with E-state index < -0.39 is 10.0 Å². The Morgan fingerprint density at radius 3 is 2.55 bits per heavy atom. The topological polar surface area (TPSA) is 68.3 Å². The van der Waals surface area contributed by atoms with Crippen LogP contribution in [0.25, 0.3) is 0 Å². The van der Waals surface area contributed by atoms with E-state index in [4.69, 9.17) is 4.74 Å². The van der Waals surface area contributed by atoms with Gasteiger partial charge < -0.3 is 4.74 Å². The molecule has 0 unspecified atom stereocenters. The van der Waals surface area contributed by atoms with Crippen LogP contribution in [-0.2, 0) is 16.6 Å². The average Bonchev–Trinajstić information content (AvgIpc) is 2.52. The number of hydrogen-bond donors (Lipinski definition) is 1. The van der Waals surface area contributed by atoms with E-state index >= 15 is 0 Å². The van der Waals surface area contributed by atoms with E-state index in [0.717, 1.165) is 0 Å². The van der Waals surface area contributed by atoms with Crippen molar-refractivity contribution in [2.45, 2.75) is 25.3 Å². The van der Waals surface area contributed by atoms with Gasteiger partial charge in [-0.15, -0.1) is 0 Å². The summed E-state index contributed by atoms with van der Waals surface area (Å²) >= 11 is 0. The lowest BCUT2D eigenvalue weighted by molar-refractivity contribution is 0.291. The van der Waals surface area contributed by atoms with Crippen molar-refractivity contribution in [2.24, 2.45) is 5.92 Å². The van der Waals surface area contributed by atoms with Gasteiger partial charge in [-0.25, -0.2) is 18.1 Å². The van der Waals surface area contributed by atoms with Crippen molar-refractivity contribution >= 4 is 10.0 Å². The summed E-state index contributed by atoms with van der Waals surface area (Å²) in [6.45, 7) is 4.46. The molecule has 0 saturated heterocycles. The molecule has 118 valence electrons. The fourth-order valence-corrected chi connectivity index (χ4v) is 3.26. The van der Waals surface area contributed by atoms with Crippen molar-refractivity contribution in [3.8, 4) is 5.88 Å². The zero-order valence-corrected chi connectivity index (χ0v) is 13.5. The molecule has 22 heavy (non-hydrogen) atoms. The molecule has 0 bridgehead atoms. The predicted octanol–water partition coefficient (Wildman–Crippen LogP) is 2.59. The first-order valence-corrected chi connectivity index (χ1v) is 8.59. The normalized spacial score (nSPS) is 11.6. The van der Waals surface area contributed by atoms with Gasteiger partial charge >= 0.3 is 0 Å². The summed E-state index contributed by atoms with van der Waals surface area (Å²) in [6, 6.07) is 12.2. The third kappa shape index (κ3) is 4.54. The van der Waals surface area contributed by atoms with Crippen molar-refractivity contribution in [3.05, 3.63) is 54.2 Å². The summed E-state index contributed by atoms with van der Waals surface area (Å²) in [4.78, 5) is 4.30. The Balaban J connectivity index is 2.16. The first-order chi connectivity index (χ1) is 10.5. The van der Waals surface area contributed by atoms with Gasteiger partial charge in [0.25, 0.3) is 0 Å². The second kappa shape index (κ2) is 7.38. The minimum absolute atomic E-state index is 0.149. The van der Waals surface area contributed by atoms with Gasteiger partial charge in [0.1, 0.15) is 6.61 Å². The zero-order valence-electron chi connectivity index (χ0n) is 12.7. The smallest absolute Gasteiger partial charge is 0.240 e. The van der Waals surface area contributed by atoms with Crippen molar-refractivity contribution in [1.82, 2.24) is 9.71 Å². The second-order valence-electron chi connectivity index (χ2n) is 5.31. The van der Waals surface area contributed by atoms with Crippen LogP contribution in [0, 0.1) is 5.92 Å². The molecule has 0 aliphatic carbocycles. The first-order valence-electron chi connectivity index (χ1n) is 7.10. The molecule has 1 heterocycles. The monoisotopic (exact) mass is 320 g/mol. The Labute approximate surface area is 131 Å². The average molecular weight is 320 g/mol. The highest BCUT2D eigenvalue weighted by atomic mass is 32.2. The summed E-state index contributed by atoms with van der Waals surface area (Å²) in [7, 11) is -3.54. The molecule has 0 amide bonds. The SMILES string of the molecule is CC(C)CNS(=O)(=O)c1ccccc1COc1ccccn1. The molecule has 0 atom stereocenters. The molecule has 0 saturated carbocycles. The van der Waals surface area contributed by atoms with Crippen LogP contribution in [0.5, 0.6) is 5.88 Å². The van der Waals surface area contributed by atoms with Crippen LogP contribution in [0.4, 0.5) is 0 Å². The number of sulfonamides is 1. The molecule has 6 heteroatoms. The van der Waals surface area contributed by atoms with Crippen molar-refractivity contribution < 1.29 is 13.2 Å². The Morgan fingerprint density at radius 2 is 1.86 bits per heavy atom. The minimum atomic E-state index is -3.54. The standard InChI is InChI=1S/C16H20N2O3S/c1-13(2)11-18-22(19,20)15-8-4-3-7-14(15)12-21-16-9-5-6-10-17-16/h3-10,13,18H,11-12H2,1-2H3. The van der Waals surface area contributed by atoms with Crippen LogP contribution in [0.2, 0.25) is 0 Å². The first kappa shape index (κ1) is 16.5. The van der Waals surface area contributed by atoms with Crippen LogP contribution in [0.15, 0.2) is 53.6 Å². The fourth-order valence-electron chi connectivity index (χ4n) is 1.82. The third-order valence-corrected chi connectivity index (χ3v) is 4.48. The summed E-state index contributed by atoms with van der Waals surface area (Å²) in [5.74, 6) is 0.705. The Hall–Kier alpha value is -1.92. The lowest BCUT2D eigenvalue weighted by atomic mass is 10.2. The largest absolute Gasteiger partial charge is 0.473 e. The third-order valence-electron chi connectivity index (χ3n) is 2.96. The van der Waals surface area contributed by atoms with Crippen LogP contribution in [-0.4, -0.2) is 19.9 Å². The molecule has 1 aromatic heterocycles. The van der Waals surface area contributed by atoms with Gasteiger partial charge in [-0.3, -0.25) is 0 Å². The highest BCUT2D eigenvalue weighted by Crippen LogP contribution is 2.17. The lowest BCUT2D eigenvalue weighted by Gasteiger charge is -2.13. The van der Waals surface area contributed by atoms with Gasteiger partial charge in [0, 0.05) is 24.4 Å². The second-order valence-corrected chi connectivity index (χ2v) is 7.05. The molecular weight excluding hydrogens is 300 g/mol. The van der Waals surface area contributed by atoms with Gasteiger partial charge in [0.2, 0.25) is 15.9 Å². The van der Waals surface area contributed by atoms with E-state index in [1.54, 1.807) is 42.6 Å². The maximum absolute atomic E-state index is 12.4. The lowest BCUT2D eigenvalue weighted by Crippen LogP contribution is -2.28. The van der Waals surface area contributed by atoms with Gasteiger partial charge in [0.15, 0.2) is 0 Å². The number of hydrogen-bond acceptors (Lipinski definition) is 4. The highest BCUT2D eigenvalue weighted by molar-refractivity contribution is 7.89. The fraction of sp³-hybridized carbons (Fsp3) is 0.312. The number of benzene rings is 1. The van der Waals surface area contributed by atoms with Gasteiger partial charge in [-0.05, 0) is 18.1 Å². The van der Waals surface area contributed by atoms with E-state index in [1.807, 2.05) is 19.9 Å². The number of aromatic nitrogens is 1. The van der Waals surface area contributed by atoms with Crippen molar-refractivity contribution in [2.75, 3.05) is 6.54 Å². The molecule has 0 aliphatic rings. The van der Waals surface area contributed by atoms with Crippen LogP contribution >= 0.6 is 0 Å². The van der Waals surface area contributed by atoms with Gasteiger partial charge in [-0.2, -0.15) is 0 Å². The minimum Gasteiger partial charge on any atom is -0.473 e. The Bertz CT molecular complexity index is 700. The molecule has 2 rings (SSSR count). The molecule has 1 N–H and O–H groups in total. The van der Waals surface area contributed by atoms with E-state index in [-0.39, 0.29) is 17.4 Å². The molecule has 0 fully saturated rings. The molecule has 0 spiro atoms. The zero-order chi connectivity index (χ0) is 16.0. The van der Waals surface area contributed by atoms with Crippen molar-refractivity contribution in [1.29, 1.82) is 0 Å². The molecule has 0 radical (unpaired) electrons. The molecular formula is C16H20N2O3S. The van der Waals surface area contributed by atoms with E-state index in [9.17, 15) is 8.42 Å². The molecule has 1 aromatic carbocycles. The number of nitrogens with one attached hydrogen (secondary N) is 1. The quantitative estimate of drug-likeness (QED) is 0.851. The maximum Gasteiger partial charge on any atom is 0.240 e. The van der Waals surface area contributed by atoms with Crippen LogP contribution < -0.4 is 9.46 Å². The van der Waals surface area contributed by atoms with Crippen LogP contribution in [0.3, 0.4) is 0 Å². The number of nitrogens with zero attached hydrogens (tertiary/aromatic N) is 1. The van der Waals surface area contributed by atoms with E-state index in [0.29, 0.717) is 18.0 Å². The number of ether oxygens (including phenoxy) is 1. The van der Waals surface area contributed by atoms with Crippen molar-refractivity contribution in [3.63, 3.8) is 0 Å². The summed E-state index contributed by atoms with van der Waals surface area (Å²) in [5, 5.41) is 0. The van der Waals surface area contributed by atoms with E-state index in [1.165, 1.54) is 0 Å². The van der Waals surface area contributed by atoms with E-state index in [2.05, 4.69) is 9.71 Å². The van der Waals surface area contributed by atoms with Gasteiger partial charge in [-0.1, -0.05) is 38.1 Å². The maximum atomic E-state index is 12.4. The Morgan fingerprint density at radius 1 is 1.14 bits per heavy atom. The summed E-state index contributed by atoms with van der Waals surface area (Å²) in [5.41, 5.74) is 0.601. The van der Waals surface area contributed by atoms with Crippen LogP contribution in [0.1, 0.15) is 19.4 Å². The number of rotatable bonds is 7. The van der Waals surface area contributed by atoms with Gasteiger partial charge in [0.05, 0.1) is 4.90 Å². The molecule has 0 aliphatic heterocycles. The summed E-state index contributed by atoms with van der Waals surface area (Å²) < 4.78 is 32.9. The predicted molar refractivity (Wildman–Crippen MR) is 85.0 cm³/mol. The summed E-state index contributed by atoms with van der Waals surface area (Å²) in [6.07, 6.45) is 1.63.